The topological polar surface area (TPSA) is 29.3 Å². The fourth-order valence-corrected chi connectivity index (χ4v) is 3.68. The average Bonchev–Trinajstić information content (AvgIpc) is 2.77. The summed E-state index contributed by atoms with van der Waals surface area (Å²) in [5, 5.41) is 2.22. The molecule has 0 bridgehead atoms. The van der Waals surface area contributed by atoms with Crippen molar-refractivity contribution in [3.05, 3.63) is 21.9 Å². The molecule has 0 aromatic carbocycles. The number of hydrogen-bond acceptors (Lipinski definition) is 4. The minimum Gasteiger partial charge on any atom is -0.329 e. The van der Waals surface area contributed by atoms with E-state index in [1.165, 1.54) is 30.7 Å². The van der Waals surface area contributed by atoms with Gasteiger partial charge in [-0.2, -0.15) is 11.8 Å². The summed E-state index contributed by atoms with van der Waals surface area (Å²) in [5.41, 5.74) is 7.42. The van der Waals surface area contributed by atoms with Crippen molar-refractivity contribution in [3.63, 3.8) is 0 Å². The van der Waals surface area contributed by atoms with E-state index < -0.39 is 0 Å². The zero-order valence-corrected chi connectivity index (χ0v) is 11.4. The zero-order chi connectivity index (χ0) is 11.4. The predicted octanol–water partition coefficient (Wildman–Crippen LogP) is 2.19. The lowest BCUT2D eigenvalue weighted by molar-refractivity contribution is 0.180. The molecule has 1 unspecified atom stereocenters. The highest BCUT2D eigenvalue weighted by Gasteiger charge is 2.22. The Morgan fingerprint density at radius 1 is 1.62 bits per heavy atom. The summed E-state index contributed by atoms with van der Waals surface area (Å²) >= 11 is 3.82. The maximum Gasteiger partial charge on any atom is 0.0248 e. The monoisotopic (exact) mass is 256 g/mol. The van der Waals surface area contributed by atoms with Gasteiger partial charge >= 0.3 is 0 Å². The molecule has 0 spiro atoms. The maximum atomic E-state index is 5.89. The van der Waals surface area contributed by atoms with Gasteiger partial charge in [-0.1, -0.05) is 0 Å². The Balaban J connectivity index is 1.95. The second-order valence-corrected chi connectivity index (χ2v) is 6.25. The molecule has 1 aliphatic rings. The third-order valence-electron chi connectivity index (χ3n) is 3.28. The first-order chi connectivity index (χ1) is 7.85. The van der Waals surface area contributed by atoms with Crippen molar-refractivity contribution in [3.8, 4) is 0 Å². The van der Waals surface area contributed by atoms with Crippen LogP contribution in [-0.4, -0.2) is 36.0 Å². The fraction of sp³-hybridized carbons (Fsp3) is 0.667. The summed E-state index contributed by atoms with van der Waals surface area (Å²) in [6, 6.07) is 2.84. The highest BCUT2D eigenvalue weighted by atomic mass is 32.2. The van der Waals surface area contributed by atoms with Gasteiger partial charge in [0.15, 0.2) is 0 Å². The van der Waals surface area contributed by atoms with E-state index in [4.69, 9.17) is 5.73 Å². The van der Waals surface area contributed by atoms with Crippen molar-refractivity contribution in [2.75, 3.05) is 25.1 Å². The zero-order valence-electron chi connectivity index (χ0n) is 9.82. The summed E-state index contributed by atoms with van der Waals surface area (Å²) in [5.74, 6) is 1.22. The van der Waals surface area contributed by atoms with Gasteiger partial charge in [-0.25, -0.2) is 0 Å². The summed E-state index contributed by atoms with van der Waals surface area (Å²) in [4.78, 5) is 4.14. The molecule has 2 N–H and O–H groups in total. The molecule has 0 amide bonds. The maximum absolute atomic E-state index is 5.89. The van der Waals surface area contributed by atoms with E-state index in [1.807, 2.05) is 23.1 Å². The standard InChI is InChI=1S/C12H20N2S2/c1-15-6-4-11(8-13)14-5-2-12-10(9-14)3-7-16-12/h3,7,11H,2,4-6,8-9,13H2,1H3. The normalized spacial score (nSPS) is 18.4. The van der Waals surface area contributed by atoms with Crippen molar-refractivity contribution < 1.29 is 0 Å². The fourth-order valence-electron chi connectivity index (χ4n) is 2.29. The summed E-state index contributed by atoms with van der Waals surface area (Å²) in [6.45, 7) is 3.08. The van der Waals surface area contributed by atoms with Crippen molar-refractivity contribution in [1.82, 2.24) is 4.90 Å². The summed E-state index contributed by atoms with van der Waals surface area (Å²) in [7, 11) is 0. The van der Waals surface area contributed by atoms with Crippen LogP contribution in [0.5, 0.6) is 0 Å². The minimum atomic E-state index is 0.570. The van der Waals surface area contributed by atoms with Gasteiger partial charge in [0.25, 0.3) is 0 Å². The first-order valence-electron chi connectivity index (χ1n) is 5.83. The van der Waals surface area contributed by atoms with Crippen LogP contribution in [0.4, 0.5) is 0 Å². The van der Waals surface area contributed by atoms with E-state index in [-0.39, 0.29) is 0 Å². The molecule has 2 heterocycles. The van der Waals surface area contributed by atoms with Crippen molar-refractivity contribution in [2.45, 2.75) is 25.4 Å². The Hall–Kier alpha value is -0.0300. The first kappa shape index (κ1) is 12.4. The Kier molecular flexibility index (Phi) is 4.70. The SMILES string of the molecule is CSCCC(CN)N1CCc2sccc2C1. The van der Waals surface area contributed by atoms with E-state index >= 15 is 0 Å². The number of thiophene rings is 1. The predicted molar refractivity (Wildman–Crippen MR) is 74.3 cm³/mol. The molecule has 0 saturated heterocycles. The quantitative estimate of drug-likeness (QED) is 0.875. The Labute approximate surface area is 106 Å². The smallest absolute Gasteiger partial charge is 0.0248 e. The molecule has 1 aromatic rings. The van der Waals surface area contributed by atoms with Crippen LogP contribution >= 0.6 is 23.1 Å². The molecule has 1 aliphatic heterocycles. The van der Waals surface area contributed by atoms with Gasteiger partial charge in [0.05, 0.1) is 0 Å². The first-order valence-corrected chi connectivity index (χ1v) is 8.10. The minimum absolute atomic E-state index is 0.570. The third-order valence-corrected chi connectivity index (χ3v) is 4.95. The molecule has 0 saturated carbocycles. The third kappa shape index (κ3) is 2.80. The van der Waals surface area contributed by atoms with Crippen LogP contribution in [-0.2, 0) is 13.0 Å². The van der Waals surface area contributed by atoms with Crippen LogP contribution < -0.4 is 5.73 Å². The van der Waals surface area contributed by atoms with E-state index in [0.29, 0.717) is 6.04 Å². The molecule has 4 heteroatoms. The number of thioether (sulfide) groups is 1. The molecule has 16 heavy (non-hydrogen) atoms. The molecule has 1 aromatic heterocycles. The lowest BCUT2D eigenvalue weighted by Gasteiger charge is -2.33. The number of rotatable bonds is 5. The van der Waals surface area contributed by atoms with Gasteiger partial charge in [-0.3, -0.25) is 4.90 Å². The Morgan fingerprint density at radius 3 is 3.25 bits per heavy atom. The van der Waals surface area contributed by atoms with Crippen molar-refractivity contribution in [1.29, 1.82) is 0 Å². The molecule has 2 rings (SSSR count). The number of fused-ring (bicyclic) bond motifs is 1. The molecular formula is C12H20N2S2. The molecule has 90 valence electrons. The van der Waals surface area contributed by atoms with E-state index in [1.54, 1.807) is 4.88 Å². The van der Waals surface area contributed by atoms with Gasteiger partial charge < -0.3 is 5.73 Å². The van der Waals surface area contributed by atoms with Gasteiger partial charge in [-0.05, 0) is 41.9 Å². The van der Waals surface area contributed by atoms with Crippen LogP contribution in [0.1, 0.15) is 16.9 Å². The van der Waals surface area contributed by atoms with Crippen LogP contribution in [0.15, 0.2) is 11.4 Å². The Morgan fingerprint density at radius 2 is 2.50 bits per heavy atom. The highest BCUT2D eigenvalue weighted by Crippen LogP contribution is 2.25. The highest BCUT2D eigenvalue weighted by molar-refractivity contribution is 7.98. The molecule has 1 atom stereocenters. The van der Waals surface area contributed by atoms with Crippen LogP contribution in [0, 0.1) is 0 Å². The molecule has 0 aliphatic carbocycles. The van der Waals surface area contributed by atoms with Crippen molar-refractivity contribution in [2.24, 2.45) is 5.73 Å². The Bertz CT molecular complexity index is 325. The van der Waals surface area contributed by atoms with Gasteiger partial charge in [0.2, 0.25) is 0 Å². The number of nitrogens with zero attached hydrogens (tertiary/aromatic N) is 1. The van der Waals surface area contributed by atoms with E-state index in [2.05, 4.69) is 22.6 Å². The molecule has 0 fully saturated rings. The van der Waals surface area contributed by atoms with Crippen LogP contribution in [0.3, 0.4) is 0 Å². The molecule has 0 radical (unpaired) electrons. The number of nitrogens with two attached hydrogens (primary N) is 1. The second-order valence-electron chi connectivity index (χ2n) is 4.26. The van der Waals surface area contributed by atoms with E-state index in [9.17, 15) is 0 Å². The van der Waals surface area contributed by atoms with Gasteiger partial charge in [-0.15, -0.1) is 11.3 Å². The summed E-state index contributed by atoms with van der Waals surface area (Å²) in [6.07, 6.45) is 4.60. The second kappa shape index (κ2) is 6.05. The number of hydrogen-bond donors (Lipinski definition) is 1. The van der Waals surface area contributed by atoms with Crippen molar-refractivity contribution >= 4 is 23.1 Å². The lowest BCUT2D eigenvalue weighted by Crippen LogP contribution is -2.43. The van der Waals surface area contributed by atoms with Gasteiger partial charge in [0, 0.05) is 30.6 Å². The van der Waals surface area contributed by atoms with Gasteiger partial charge in [0.1, 0.15) is 0 Å². The molecule has 2 nitrogen and oxygen atoms in total. The lowest BCUT2D eigenvalue weighted by atomic mass is 10.1. The molecular weight excluding hydrogens is 236 g/mol. The average molecular weight is 256 g/mol. The van der Waals surface area contributed by atoms with Crippen LogP contribution in [0.25, 0.3) is 0 Å². The van der Waals surface area contributed by atoms with E-state index in [0.717, 1.165) is 13.1 Å². The summed E-state index contributed by atoms with van der Waals surface area (Å²) < 4.78 is 0. The largest absolute Gasteiger partial charge is 0.329 e. The van der Waals surface area contributed by atoms with Crippen LogP contribution in [0.2, 0.25) is 0 Å².